The van der Waals surface area contributed by atoms with Gasteiger partial charge in [0.25, 0.3) is 0 Å². The fraction of sp³-hybridized carbons (Fsp3) is 0.391. The number of carboxylic acids is 2. The number of carboxylic acid groups (broad SMARTS) is 2. The monoisotopic (exact) mass is 764 g/mol. The van der Waals surface area contributed by atoms with Crippen molar-refractivity contribution in [3.63, 3.8) is 0 Å². The van der Waals surface area contributed by atoms with E-state index in [9.17, 15) is 19.8 Å². The number of hydrogen-bond donors (Lipinski definition) is 2. The summed E-state index contributed by atoms with van der Waals surface area (Å²) in [7, 11) is 0. The van der Waals surface area contributed by atoms with Crippen molar-refractivity contribution >= 4 is 23.8 Å². The highest BCUT2D eigenvalue weighted by Crippen LogP contribution is 2.51. The van der Waals surface area contributed by atoms with Crippen LogP contribution in [0.3, 0.4) is 0 Å². The largest absolute Gasteiger partial charge is 0.481 e. The number of rotatable bonds is 20. The number of ether oxygens (including phenoxy) is 2. The normalized spacial score (nSPS) is 18.1. The van der Waals surface area contributed by atoms with Gasteiger partial charge >= 0.3 is 23.8 Å². The highest BCUT2D eigenvalue weighted by molar-refractivity contribution is 5.96. The summed E-state index contributed by atoms with van der Waals surface area (Å²) in [6.07, 6.45) is 2.51. The summed E-state index contributed by atoms with van der Waals surface area (Å²) >= 11 is 0. The van der Waals surface area contributed by atoms with E-state index in [1.54, 1.807) is 0 Å². The van der Waals surface area contributed by atoms with E-state index in [0.717, 1.165) is 11.1 Å². The molecule has 0 unspecified atom stereocenters. The Labute approximate surface area is 330 Å². The van der Waals surface area contributed by atoms with Crippen LogP contribution < -0.4 is 9.47 Å². The predicted octanol–water partition coefficient (Wildman–Crippen LogP) is 8.95. The lowest BCUT2D eigenvalue weighted by molar-refractivity contribution is -0.875. The first-order valence-electron chi connectivity index (χ1n) is 19.9. The van der Waals surface area contributed by atoms with E-state index >= 15 is 9.59 Å². The molecule has 0 spiro atoms. The van der Waals surface area contributed by atoms with Crippen LogP contribution in [0.1, 0.15) is 64.5 Å². The molecule has 1 aliphatic carbocycles. The summed E-state index contributed by atoms with van der Waals surface area (Å²) in [5.74, 6) is -6.49. The molecule has 4 aromatic rings. The van der Waals surface area contributed by atoms with Crippen LogP contribution in [0.5, 0.6) is 23.0 Å². The maximum Gasteiger partial charge on any atom is 0.319 e. The molecule has 2 N–H and O–H groups in total. The van der Waals surface area contributed by atoms with E-state index in [0.29, 0.717) is 74.9 Å². The Morgan fingerprint density at radius 2 is 0.732 bits per heavy atom. The third-order valence-corrected chi connectivity index (χ3v) is 11.0. The summed E-state index contributed by atoms with van der Waals surface area (Å²) in [5.41, 5.74) is 1.71. The second kappa shape index (κ2) is 19.0. The van der Waals surface area contributed by atoms with Gasteiger partial charge in [-0.05, 0) is 98.5 Å². The Hall–Kier alpha value is -5.32. The minimum atomic E-state index is -1.53. The molecule has 4 atom stereocenters. The lowest BCUT2D eigenvalue weighted by Gasteiger charge is -2.51. The number of quaternary nitrogens is 2. The van der Waals surface area contributed by atoms with E-state index < -0.39 is 35.6 Å². The molecule has 0 heterocycles. The number of carbonyl (C=O) groups excluding carboxylic acids is 2. The summed E-state index contributed by atoms with van der Waals surface area (Å²) < 4.78 is 11.8. The van der Waals surface area contributed by atoms with Gasteiger partial charge < -0.3 is 19.7 Å². The van der Waals surface area contributed by atoms with Crippen molar-refractivity contribution in [2.24, 2.45) is 23.7 Å². The Kier molecular flexibility index (Phi) is 14.2. The highest BCUT2D eigenvalue weighted by Gasteiger charge is 2.70. The van der Waals surface area contributed by atoms with E-state index in [-0.39, 0.29) is 33.9 Å². The zero-order chi connectivity index (χ0) is 40.3. The fourth-order valence-corrected chi connectivity index (χ4v) is 8.73. The molecular weight excluding hydrogens is 709 g/mol. The Balaban J connectivity index is 1.50. The molecule has 2 amide bonds. The standard InChI is InChI=1S/C46H54N2O8/c1-5-27-47(28-6-2,31-33-19-23-37(24-20-33)55-35-15-11-9-12-16-35)43(49)39-40(42(46(53)54)41(39)45(51)52)44(50)48(29-7-3,30-8-4)32-34-21-25-38(26-22-34)56-36-17-13-10-14-18-36/h9-26,39-42H,5-8,27-32H2,1-4H3/p+2/t39-,40-,41-,42-/m1/s1. The van der Waals surface area contributed by atoms with Gasteiger partial charge in [-0.1, -0.05) is 64.1 Å². The van der Waals surface area contributed by atoms with Crippen molar-refractivity contribution in [2.45, 2.75) is 66.5 Å². The van der Waals surface area contributed by atoms with Gasteiger partial charge in [-0.15, -0.1) is 0 Å². The molecule has 1 saturated carbocycles. The Morgan fingerprint density at radius 3 is 1.00 bits per heavy atom. The lowest BCUT2D eigenvalue weighted by Crippen LogP contribution is -2.70. The summed E-state index contributed by atoms with van der Waals surface area (Å²) in [5, 5.41) is 21.1. The molecule has 1 fully saturated rings. The molecule has 5 rings (SSSR count). The Bertz CT molecular complexity index is 1760. The van der Waals surface area contributed by atoms with Gasteiger partial charge in [0.05, 0.1) is 38.0 Å². The van der Waals surface area contributed by atoms with Crippen LogP contribution >= 0.6 is 0 Å². The van der Waals surface area contributed by atoms with Crippen LogP contribution in [-0.2, 0) is 32.3 Å². The fourth-order valence-electron chi connectivity index (χ4n) is 8.73. The van der Waals surface area contributed by atoms with Gasteiger partial charge in [0.2, 0.25) is 0 Å². The molecule has 0 saturated heterocycles. The van der Waals surface area contributed by atoms with Gasteiger partial charge in [0.15, 0.2) is 0 Å². The topological polar surface area (TPSA) is 127 Å². The number of hydrogen-bond acceptors (Lipinski definition) is 6. The van der Waals surface area contributed by atoms with Crippen LogP contribution in [0.2, 0.25) is 0 Å². The molecule has 10 nitrogen and oxygen atoms in total. The summed E-state index contributed by atoms with van der Waals surface area (Å²) in [6.45, 7) is 10.1. The summed E-state index contributed by atoms with van der Waals surface area (Å²) in [6, 6.07) is 33.8. The number of benzene rings is 4. The van der Waals surface area contributed by atoms with Crippen LogP contribution in [0, 0.1) is 23.7 Å². The molecule has 1 aliphatic rings. The number of carbonyl (C=O) groups is 4. The zero-order valence-electron chi connectivity index (χ0n) is 33.0. The number of nitrogens with zero attached hydrogens (tertiary/aromatic N) is 2. The third kappa shape index (κ3) is 9.37. The van der Waals surface area contributed by atoms with Crippen LogP contribution in [0.15, 0.2) is 109 Å². The zero-order valence-corrected chi connectivity index (χ0v) is 33.0. The van der Waals surface area contributed by atoms with E-state index in [4.69, 9.17) is 9.47 Å². The molecule has 296 valence electrons. The quantitative estimate of drug-likeness (QED) is 0.0855. The average molecular weight is 765 g/mol. The predicted molar refractivity (Wildman–Crippen MR) is 214 cm³/mol. The highest BCUT2D eigenvalue weighted by atomic mass is 16.5. The second-order valence-corrected chi connectivity index (χ2v) is 15.1. The van der Waals surface area contributed by atoms with Crippen LogP contribution in [0.25, 0.3) is 0 Å². The first-order chi connectivity index (χ1) is 27.0. The molecule has 56 heavy (non-hydrogen) atoms. The van der Waals surface area contributed by atoms with Crippen molar-refractivity contribution < 1.29 is 47.8 Å². The SMILES string of the molecule is CCC[N+](CCC)(Cc1ccc(Oc2ccccc2)cc1)C(=O)[C@H]1[C@@H](C(=O)O)[C@H](C(=O)O)[C@@H]1C(=O)[N+](CCC)(CCC)Cc1ccc(Oc2ccccc2)cc1. The van der Waals surface area contributed by atoms with Crippen molar-refractivity contribution in [1.29, 1.82) is 0 Å². The van der Waals surface area contributed by atoms with Gasteiger partial charge in [-0.25, -0.2) is 9.59 Å². The van der Waals surface area contributed by atoms with Gasteiger partial charge in [-0.3, -0.25) is 18.6 Å². The van der Waals surface area contributed by atoms with Crippen molar-refractivity contribution in [1.82, 2.24) is 0 Å². The number of aliphatic carboxylic acids is 2. The third-order valence-electron chi connectivity index (χ3n) is 11.0. The van der Waals surface area contributed by atoms with Crippen LogP contribution in [0.4, 0.5) is 0 Å². The van der Waals surface area contributed by atoms with Crippen LogP contribution in [-0.4, -0.2) is 69.1 Å². The maximum absolute atomic E-state index is 15.2. The minimum absolute atomic E-state index is 0.0825. The first kappa shape index (κ1) is 41.8. The van der Waals surface area contributed by atoms with Crippen molar-refractivity contribution in [3.05, 3.63) is 120 Å². The molecular formula is C46H56N2O8+2. The van der Waals surface area contributed by atoms with Crippen molar-refractivity contribution in [2.75, 3.05) is 26.2 Å². The number of para-hydroxylation sites is 2. The molecule has 0 bridgehead atoms. The van der Waals surface area contributed by atoms with E-state index in [2.05, 4.69) is 0 Å². The molecule has 0 aliphatic heterocycles. The molecule has 0 radical (unpaired) electrons. The summed E-state index contributed by atoms with van der Waals surface area (Å²) in [4.78, 5) is 56.4. The molecule has 4 aromatic carbocycles. The van der Waals surface area contributed by atoms with Gasteiger partial charge in [0, 0.05) is 11.1 Å². The lowest BCUT2D eigenvalue weighted by atomic mass is 9.54. The van der Waals surface area contributed by atoms with E-state index in [1.807, 2.05) is 137 Å². The minimum Gasteiger partial charge on any atom is -0.481 e. The second-order valence-electron chi connectivity index (χ2n) is 15.1. The molecule has 0 aromatic heterocycles. The Morgan fingerprint density at radius 1 is 0.446 bits per heavy atom. The maximum atomic E-state index is 15.2. The first-order valence-corrected chi connectivity index (χ1v) is 19.9. The van der Waals surface area contributed by atoms with Crippen molar-refractivity contribution in [3.8, 4) is 23.0 Å². The number of amides is 2. The average Bonchev–Trinajstić information content (AvgIpc) is 3.17. The molecule has 10 heteroatoms. The van der Waals surface area contributed by atoms with Gasteiger partial charge in [0.1, 0.15) is 47.9 Å². The smallest absolute Gasteiger partial charge is 0.319 e. The van der Waals surface area contributed by atoms with Gasteiger partial charge in [-0.2, -0.15) is 0 Å². The van der Waals surface area contributed by atoms with E-state index in [1.165, 1.54) is 0 Å².